The fourth-order valence-corrected chi connectivity index (χ4v) is 4.03. The van der Waals surface area contributed by atoms with Gasteiger partial charge in [-0.1, -0.05) is 30.3 Å². The summed E-state index contributed by atoms with van der Waals surface area (Å²) in [5, 5.41) is 10.0. The maximum atomic E-state index is 13.0. The summed E-state index contributed by atoms with van der Waals surface area (Å²) < 4.78 is 0. The number of piperazine rings is 1. The van der Waals surface area contributed by atoms with Crippen LogP contribution >= 0.6 is 0 Å². The summed E-state index contributed by atoms with van der Waals surface area (Å²) in [6, 6.07) is 15.5. The molecule has 0 aromatic heterocycles. The number of hydrogen-bond acceptors (Lipinski definition) is 4. The van der Waals surface area contributed by atoms with Crippen LogP contribution in [0.25, 0.3) is 0 Å². The summed E-state index contributed by atoms with van der Waals surface area (Å²) in [5.74, 6) is 0.504. The maximum Gasteiger partial charge on any atom is 0.244 e. The molecule has 4 rings (SSSR count). The first kappa shape index (κ1) is 16.9. The third-order valence-electron chi connectivity index (χ3n) is 5.59. The molecule has 0 unspecified atom stereocenters. The lowest BCUT2D eigenvalue weighted by atomic mass is 10.1. The molecule has 5 nitrogen and oxygen atoms in total. The molecule has 0 saturated carbocycles. The van der Waals surface area contributed by atoms with E-state index in [4.69, 9.17) is 0 Å². The smallest absolute Gasteiger partial charge is 0.244 e. The molecule has 0 bridgehead atoms. The van der Waals surface area contributed by atoms with Crippen molar-refractivity contribution in [3.63, 3.8) is 0 Å². The summed E-state index contributed by atoms with van der Waals surface area (Å²) in [7, 11) is 0. The van der Waals surface area contributed by atoms with Crippen LogP contribution in [0.2, 0.25) is 0 Å². The van der Waals surface area contributed by atoms with Crippen molar-refractivity contribution in [2.24, 2.45) is 0 Å². The van der Waals surface area contributed by atoms with Crippen molar-refractivity contribution in [3.05, 3.63) is 54.1 Å². The molecule has 1 amide bonds. The van der Waals surface area contributed by atoms with Gasteiger partial charge in [-0.15, -0.1) is 0 Å². The van der Waals surface area contributed by atoms with E-state index in [-0.39, 0.29) is 11.9 Å². The molecule has 2 aliphatic heterocycles. The topological polar surface area (TPSA) is 47.0 Å². The van der Waals surface area contributed by atoms with Gasteiger partial charge in [0.15, 0.2) is 0 Å². The second-order valence-corrected chi connectivity index (χ2v) is 7.06. The van der Waals surface area contributed by atoms with E-state index in [1.54, 1.807) is 6.07 Å². The summed E-state index contributed by atoms with van der Waals surface area (Å²) in [4.78, 5) is 19.4. The van der Waals surface area contributed by atoms with Crippen molar-refractivity contribution in [1.29, 1.82) is 0 Å². The molecule has 5 heteroatoms. The average Bonchev–Trinajstić information content (AvgIpc) is 3.11. The zero-order chi connectivity index (χ0) is 18.1. The molecule has 2 heterocycles. The fraction of sp³-hybridized carbons (Fsp3) is 0.381. The molecule has 2 aliphatic rings. The maximum absolute atomic E-state index is 13.0. The van der Waals surface area contributed by atoms with Crippen LogP contribution in [0.3, 0.4) is 0 Å². The molecule has 0 aliphatic carbocycles. The van der Waals surface area contributed by atoms with Gasteiger partial charge < -0.3 is 14.9 Å². The molecule has 1 fully saturated rings. The van der Waals surface area contributed by atoms with Gasteiger partial charge in [0.2, 0.25) is 5.91 Å². The minimum atomic E-state index is -0.132. The van der Waals surface area contributed by atoms with Gasteiger partial charge in [0.1, 0.15) is 5.75 Å². The summed E-state index contributed by atoms with van der Waals surface area (Å²) in [6.45, 7) is 6.05. The third-order valence-corrected chi connectivity index (χ3v) is 5.59. The molecule has 1 N–H and O–H groups in total. The predicted molar refractivity (Wildman–Crippen MR) is 104 cm³/mol. The van der Waals surface area contributed by atoms with Crippen molar-refractivity contribution in [2.75, 3.05) is 42.5 Å². The number of amides is 1. The number of hydrogen-bond donors (Lipinski definition) is 1. The van der Waals surface area contributed by atoms with Crippen molar-refractivity contribution in [1.82, 2.24) is 4.90 Å². The van der Waals surface area contributed by atoms with Crippen LogP contribution < -0.4 is 9.80 Å². The number of carbonyl (C=O) groups excluding carboxylic acids is 1. The molecular weight excluding hydrogens is 326 g/mol. The van der Waals surface area contributed by atoms with Crippen LogP contribution in [-0.4, -0.2) is 54.7 Å². The number of aromatic hydroxyl groups is 1. The normalized spacial score (nSPS) is 18.7. The summed E-state index contributed by atoms with van der Waals surface area (Å²) in [6.07, 6.45) is 0.940. The first-order valence-corrected chi connectivity index (χ1v) is 9.31. The Kier molecular flexibility index (Phi) is 4.55. The van der Waals surface area contributed by atoms with Crippen LogP contribution in [-0.2, 0) is 11.2 Å². The van der Waals surface area contributed by atoms with Gasteiger partial charge in [-0.25, -0.2) is 0 Å². The number of phenolic OH excluding ortho intramolecular Hbond substituents is 1. The molecule has 1 saturated heterocycles. The van der Waals surface area contributed by atoms with Crippen LogP contribution in [0.4, 0.5) is 11.4 Å². The van der Waals surface area contributed by atoms with Crippen LogP contribution in [0, 0.1) is 0 Å². The van der Waals surface area contributed by atoms with Crippen molar-refractivity contribution in [2.45, 2.75) is 19.4 Å². The molecule has 136 valence electrons. The molecule has 0 spiro atoms. The Labute approximate surface area is 154 Å². The van der Waals surface area contributed by atoms with Gasteiger partial charge in [0.25, 0.3) is 0 Å². The Morgan fingerprint density at radius 3 is 2.31 bits per heavy atom. The molecule has 2 aromatic carbocycles. The molecule has 0 radical (unpaired) electrons. The van der Waals surface area contributed by atoms with E-state index in [1.807, 2.05) is 48.2 Å². The van der Waals surface area contributed by atoms with Gasteiger partial charge in [0, 0.05) is 38.4 Å². The highest BCUT2D eigenvalue weighted by atomic mass is 16.3. The highest BCUT2D eigenvalue weighted by Crippen LogP contribution is 2.30. The van der Waals surface area contributed by atoms with E-state index in [9.17, 15) is 9.90 Å². The van der Waals surface area contributed by atoms with Gasteiger partial charge in [-0.2, -0.15) is 0 Å². The zero-order valence-electron chi connectivity index (χ0n) is 15.1. The number of benzene rings is 2. The van der Waals surface area contributed by atoms with Gasteiger partial charge in [-0.05, 0) is 37.1 Å². The fourth-order valence-electron chi connectivity index (χ4n) is 4.03. The lowest BCUT2D eigenvalue weighted by Gasteiger charge is -2.39. The second-order valence-electron chi connectivity index (χ2n) is 7.06. The number of para-hydroxylation sites is 3. The van der Waals surface area contributed by atoms with Crippen molar-refractivity contribution >= 4 is 17.3 Å². The Hall–Kier alpha value is -2.53. The van der Waals surface area contributed by atoms with Gasteiger partial charge in [0.05, 0.1) is 11.7 Å². The molecule has 26 heavy (non-hydrogen) atoms. The third kappa shape index (κ3) is 3.03. The number of fused-ring (bicyclic) bond motifs is 1. The Morgan fingerprint density at radius 2 is 1.58 bits per heavy atom. The lowest BCUT2D eigenvalue weighted by Crippen LogP contribution is -2.54. The largest absolute Gasteiger partial charge is 0.506 e. The van der Waals surface area contributed by atoms with E-state index >= 15 is 0 Å². The minimum Gasteiger partial charge on any atom is -0.506 e. The number of anilines is 2. The monoisotopic (exact) mass is 351 g/mol. The van der Waals surface area contributed by atoms with E-state index in [2.05, 4.69) is 15.9 Å². The highest BCUT2D eigenvalue weighted by Gasteiger charge is 2.32. The number of phenols is 1. The SMILES string of the molecule is C[C@H](C(=O)N1CCc2ccccc21)N1CCN(c2ccccc2O)CC1. The highest BCUT2D eigenvalue weighted by molar-refractivity contribution is 5.98. The Morgan fingerprint density at radius 1 is 0.923 bits per heavy atom. The van der Waals surface area contributed by atoms with E-state index in [0.717, 1.165) is 50.5 Å². The summed E-state index contributed by atoms with van der Waals surface area (Å²) in [5.41, 5.74) is 3.20. The van der Waals surface area contributed by atoms with E-state index in [0.29, 0.717) is 5.75 Å². The van der Waals surface area contributed by atoms with Crippen LogP contribution in [0.15, 0.2) is 48.5 Å². The predicted octanol–water partition coefficient (Wildman–Crippen LogP) is 2.49. The molecular formula is C21H25N3O2. The number of nitrogens with zero attached hydrogens (tertiary/aromatic N) is 3. The zero-order valence-corrected chi connectivity index (χ0v) is 15.1. The van der Waals surface area contributed by atoms with E-state index in [1.165, 1.54) is 5.56 Å². The second kappa shape index (κ2) is 7.00. The molecule has 1 atom stereocenters. The van der Waals surface area contributed by atoms with Crippen molar-refractivity contribution in [3.8, 4) is 5.75 Å². The quantitative estimate of drug-likeness (QED) is 0.923. The standard InChI is InChI=1S/C21H25N3O2/c1-16(21(26)24-11-10-17-6-2-3-7-18(17)24)22-12-14-23(15-13-22)19-8-4-5-9-20(19)25/h2-9,16,25H,10-15H2,1H3/t16-/m1/s1. The van der Waals surface area contributed by atoms with Gasteiger partial charge >= 0.3 is 0 Å². The Bertz CT molecular complexity index is 799. The van der Waals surface area contributed by atoms with Gasteiger partial charge in [-0.3, -0.25) is 9.69 Å². The van der Waals surface area contributed by atoms with Crippen LogP contribution in [0.5, 0.6) is 5.75 Å². The summed E-state index contributed by atoms with van der Waals surface area (Å²) >= 11 is 0. The average molecular weight is 351 g/mol. The molecule has 2 aromatic rings. The van der Waals surface area contributed by atoms with Crippen molar-refractivity contribution < 1.29 is 9.90 Å². The number of carbonyl (C=O) groups is 1. The first-order valence-electron chi connectivity index (χ1n) is 9.31. The first-order chi connectivity index (χ1) is 12.6. The Balaban J connectivity index is 1.40. The van der Waals surface area contributed by atoms with E-state index < -0.39 is 0 Å². The number of rotatable bonds is 3. The minimum absolute atomic E-state index is 0.132. The lowest BCUT2D eigenvalue weighted by molar-refractivity contribution is -0.123. The van der Waals surface area contributed by atoms with Crippen LogP contribution in [0.1, 0.15) is 12.5 Å².